The van der Waals surface area contributed by atoms with Crippen LogP contribution in [0.15, 0.2) is 18.7 Å². The van der Waals surface area contributed by atoms with E-state index in [0.717, 1.165) is 12.1 Å². The topological polar surface area (TPSA) is 76.6 Å². The summed E-state index contributed by atoms with van der Waals surface area (Å²) in [6, 6.07) is 0.142. The molecule has 128 valence electrons. The van der Waals surface area contributed by atoms with E-state index in [4.69, 9.17) is 9.47 Å². The zero-order valence-electron chi connectivity index (χ0n) is 14.3. The number of morpholine rings is 1. The van der Waals surface area contributed by atoms with Gasteiger partial charge in [-0.05, 0) is 34.1 Å². The van der Waals surface area contributed by atoms with Crippen LogP contribution in [-0.2, 0) is 9.47 Å². The molecule has 1 aromatic rings. The van der Waals surface area contributed by atoms with Gasteiger partial charge in [0.1, 0.15) is 11.9 Å². The van der Waals surface area contributed by atoms with Crippen molar-refractivity contribution >= 4 is 11.8 Å². The number of carbonyl (C=O) groups excluding carboxylic acids is 1. The largest absolute Gasteiger partial charge is 0.444 e. The molecule has 0 aliphatic carbocycles. The monoisotopic (exact) mass is 322 g/mol. The Bertz CT molecular complexity index is 504. The summed E-state index contributed by atoms with van der Waals surface area (Å²) in [6.45, 7) is 9.32. The lowest BCUT2D eigenvalue weighted by molar-refractivity contribution is -0.0345. The fourth-order valence-corrected chi connectivity index (χ4v) is 2.54. The minimum atomic E-state index is -0.495. The van der Waals surface area contributed by atoms with Crippen LogP contribution in [0.25, 0.3) is 0 Å². The summed E-state index contributed by atoms with van der Waals surface area (Å²) in [5.41, 5.74) is 0.367. The van der Waals surface area contributed by atoms with Crippen LogP contribution in [0, 0.1) is 0 Å². The van der Waals surface area contributed by atoms with E-state index in [-0.39, 0.29) is 18.2 Å². The summed E-state index contributed by atoms with van der Waals surface area (Å²) in [5, 5.41) is 3.34. The predicted molar refractivity (Wildman–Crippen MR) is 87.3 cm³/mol. The first kappa shape index (κ1) is 17.5. The Morgan fingerprint density at radius 2 is 2.17 bits per heavy atom. The number of hydrogen-bond donors (Lipinski definition) is 1. The van der Waals surface area contributed by atoms with Gasteiger partial charge in [0, 0.05) is 12.6 Å². The molecule has 1 N–H and O–H groups in total. The molecule has 0 saturated carbocycles. The third-order valence-corrected chi connectivity index (χ3v) is 3.45. The summed E-state index contributed by atoms with van der Waals surface area (Å²) in [4.78, 5) is 22.1. The molecular weight excluding hydrogens is 296 g/mol. The number of nitrogens with one attached hydrogen (secondary N) is 1. The maximum Gasteiger partial charge on any atom is 0.410 e. The van der Waals surface area contributed by atoms with Gasteiger partial charge in [-0.2, -0.15) is 0 Å². The molecule has 2 rings (SSSR count). The first-order valence-corrected chi connectivity index (χ1v) is 7.94. The van der Waals surface area contributed by atoms with Gasteiger partial charge < -0.3 is 19.7 Å². The van der Waals surface area contributed by atoms with Gasteiger partial charge in [-0.1, -0.05) is 0 Å². The Kier molecular flexibility index (Phi) is 5.76. The molecule has 1 aromatic heterocycles. The minimum absolute atomic E-state index is 0.00858. The number of nitrogens with zero attached hydrogens (tertiary/aromatic N) is 3. The van der Waals surface area contributed by atoms with E-state index < -0.39 is 5.60 Å². The van der Waals surface area contributed by atoms with Gasteiger partial charge in [0.15, 0.2) is 0 Å². The zero-order valence-corrected chi connectivity index (χ0v) is 14.3. The molecule has 7 nitrogen and oxygen atoms in total. The normalized spacial score (nSPS) is 20.0. The van der Waals surface area contributed by atoms with Crippen molar-refractivity contribution in [2.45, 2.75) is 51.8 Å². The van der Waals surface area contributed by atoms with E-state index in [9.17, 15) is 4.79 Å². The van der Waals surface area contributed by atoms with E-state index in [0.29, 0.717) is 19.8 Å². The molecule has 1 aliphatic rings. The zero-order chi connectivity index (χ0) is 16.9. The second-order valence-corrected chi connectivity index (χ2v) is 6.81. The Hall–Kier alpha value is -1.89. The van der Waals surface area contributed by atoms with E-state index in [1.165, 1.54) is 6.33 Å². The van der Waals surface area contributed by atoms with Gasteiger partial charge in [-0.25, -0.2) is 14.8 Å². The van der Waals surface area contributed by atoms with E-state index in [2.05, 4.69) is 22.2 Å². The molecule has 1 fully saturated rings. The standard InChI is InChI=1S/C16H26N4O3/c1-12(19-13-8-17-11-18-9-13)7-14-10-22-6-5-20(14)15(21)23-16(2,3)4/h8-9,11-12,14,19H,5-7,10H2,1-4H3. The van der Waals surface area contributed by atoms with Crippen LogP contribution in [0.1, 0.15) is 34.1 Å². The number of anilines is 1. The fourth-order valence-electron chi connectivity index (χ4n) is 2.54. The van der Waals surface area contributed by atoms with Crippen LogP contribution in [0.2, 0.25) is 0 Å². The lowest BCUT2D eigenvalue weighted by Gasteiger charge is -2.37. The molecule has 1 saturated heterocycles. The quantitative estimate of drug-likeness (QED) is 0.916. The molecule has 0 spiro atoms. The van der Waals surface area contributed by atoms with Crippen LogP contribution in [0.3, 0.4) is 0 Å². The van der Waals surface area contributed by atoms with Crippen LogP contribution in [0.5, 0.6) is 0 Å². The third-order valence-electron chi connectivity index (χ3n) is 3.45. The fraction of sp³-hybridized carbons (Fsp3) is 0.688. The van der Waals surface area contributed by atoms with E-state index >= 15 is 0 Å². The predicted octanol–water partition coefficient (Wildman–Crippen LogP) is 2.30. The number of hydrogen-bond acceptors (Lipinski definition) is 6. The first-order valence-electron chi connectivity index (χ1n) is 7.94. The van der Waals surface area contributed by atoms with Gasteiger partial charge in [-0.15, -0.1) is 0 Å². The number of aromatic nitrogens is 2. The molecule has 2 heterocycles. The average Bonchev–Trinajstić information content (AvgIpc) is 2.47. The third kappa shape index (κ3) is 5.67. The van der Waals surface area contributed by atoms with Crippen LogP contribution in [-0.4, -0.2) is 58.4 Å². The Labute approximate surface area is 137 Å². The smallest absolute Gasteiger partial charge is 0.410 e. The average molecular weight is 322 g/mol. The molecule has 7 heteroatoms. The van der Waals surface area contributed by atoms with Crippen LogP contribution in [0.4, 0.5) is 10.5 Å². The number of carbonyl (C=O) groups is 1. The minimum Gasteiger partial charge on any atom is -0.444 e. The van der Waals surface area contributed by atoms with Crippen molar-refractivity contribution in [1.82, 2.24) is 14.9 Å². The van der Waals surface area contributed by atoms with Crippen molar-refractivity contribution in [1.29, 1.82) is 0 Å². The Morgan fingerprint density at radius 1 is 1.48 bits per heavy atom. The Balaban J connectivity index is 1.94. The lowest BCUT2D eigenvalue weighted by Crippen LogP contribution is -2.51. The molecule has 0 aromatic carbocycles. The van der Waals surface area contributed by atoms with Crippen molar-refractivity contribution in [2.24, 2.45) is 0 Å². The summed E-state index contributed by atoms with van der Waals surface area (Å²) in [5.74, 6) is 0. The molecule has 23 heavy (non-hydrogen) atoms. The highest BCUT2D eigenvalue weighted by Gasteiger charge is 2.31. The highest BCUT2D eigenvalue weighted by Crippen LogP contribution is 2.18. The molecule has 2 unspecified atom stereocenters. The van der Waals surface area contributed by atoms with Crippen molar-refractivity contribution in [2.75, 3.05) is 25.1 Å². The highest BCUT2D eigenvalue weighted by atomic mass is 16.6. The molecule has 2 atom stereocenters. The van der Waals surface area contributed by atoms with Crippen molar-refractivity contribution in [3.05, 3.63) is 18.7 Å². The van der Waals surface area contributed by atoms with Gasteiger partial charge in [0.2, 0.25) is 0 Å². The highest BCUT2D eigenvalue weighted by molar-refractivity contribution is 5.68. The second-order valence-electron chi connectivity index (χ2n) is 6.81. The first-order chi connectivity index (χ1) is 10.8. The summed E-state index contributed by atoms with van der Waals surface area (Å²) >= 11 is 0. The SMILES string of the molecule is CC(CC1COCCN1C(=O)OC(C)(C)C)Nc1cncnc1. The van der Waals surface area contributed by atoms with Crippen LogP contribution < -0.4 is 5.32 Å². The lowest BCUT2D eigenvalue weighted by atomic mass is 10.1. The van der Waals surface area contributed by atoms with Gasteiger partial charge in [0.25, 0.3) is 0 Å². The van der Waals surface area contributed by atoms with E-state index in [1.807, 2.05) is 20.8 Å². The van der Waals surface area contributed by atoms with Gasteiger partial charge in [0.05, 0.1) is 37.3 Å². The molecule has 0 radical (unpaired) electrons. The molecular formula is C16H26N4O3. The maximum atomic E-state index is 12.4. The molecule has 0 bridgehead atoms. The number of ether oxygens (including phenoxy) is 2. The summed E-state index contributed by atoms with van der Waals surface area (Å²) < 4.78 is 11.0. The van der Waals surface area contributed by atoms with Crippen LogP contribution >= 0.6 is 0 Å². The van der Waals surface area contributed by atoms with Crippen molar-refractivity contribution in [3.63, 3.8) is 0 Å². The Morgan fingerprint density at radius 3 is 2.83 bits per heavy atom. The molecule has 1 aliphatic heterocycles. The van der Waals surface area contributed by atoms with Crippen molar-refractivity contribution < 1.29 is 14.3 Å². The second kappa shape index (κ2) is 7.59. The van der Waals surface area contributed by atoms with Crippen molar-refractivity contribution in [3.8, 4) is 0 Å². The van der Waals surface area contributed by atoms with E-state index in [1.54, 1.807) is 17.3 Å². The number of rotatable bonds is 4. The number of amides is 1. The summed E-state index contributed by atoms with van der Waals surface area (Å²) in [7, 11) is 0. The van der Waals surface area contributed by atoms with Gasteiger partial charge >= 0.3 is 6.09 Å². The molecule has 1 amide bonds. The van der Waals surface area contributed by atoms with Gasteiger partial charge in [-0.3, -0.25) is 0 Å². The maximum absolute atomic E-state index is 12.4. The summed E-state index contributed by atoms with van der Waals surface area (Å²) in [6.07, 6.45) is 5.43.